The van der Waals surface area contributed by atoms with Gasteiger partial charge in [0, 0.05) is 30.9 Å². The highest BCUT2D eigenvalue weighted by molar-refractivity contribution is 7.11. The van der Waals surface area contributed by atoms with E-state index in [0.717, 1.165) is 30.2 Å². The standard InChI is InChI=1S/C12H21N3OS/c1-4-6-14-12(16)5-7-13-8-11-9(2)15-10(3)17-11/h13H,4-8H2,1-3H3,(H,14,16). The molecule has 1 amide bonds. The summed E-state index contributed by atoms with van der Waals surface area (Å²) in [6, 6.07) is 0. The van der Waals surface area contributed by atoms with Crippen molar-refractivity contribution in [2.75, 3.05) is 13.1 Å². The zero-order valence-electron chi connectivity index (χ0n) is 10.8. The fourth-order valence-electron chi connectivity index (χ4n) is 1.49. The topological polar surface area (TPSA) is 54.0 Å². The summed E-state index contributed by atoms with van der Waals surface area (Å²) in [6.45, 7) is 8.37. The second kappa shape index (κ2) is 7.40. The number of hydrogen-bond acceptors (Lipinski definition) is 4. The lowest BCUT2D eigenvalue weighted by molar-refractivity contribution is -0.120. The molecular weight excluding hydrogens is 234 g/mol. The quantitative estimate of drug-likeness (QED) is 0.730. The number of nitrogens with zero attached hydrogens (tertiary/aromatic N) is 1. The van der Waals surface area contributed by atoms with Gasteiger partial charge in [0.05, 0.1) is 10.7 Å². The molecule has 0 radical (unpaired) electrons. The lowest BCUT2D eigenvalue weighted by atomic mass is 10.3. The van der Waals surface area contributed by atoms with Gasteiger partial charge >= 0.3 is 0 Å². The Kier molecular flexibility index (Phi) is 6.15. The molecule has 5 heteroatoms. The molecule has 0 atom stereocenters. The molecule has 0 aliphatic heterocycles. The minimum Gasteiger partial charge on any atom is -0.356 e. The van der Waals surface area contributed by atoms with Crippen LogP contribution < -0.4 is 10.6 Å². The van der Waals surface area contributed by atoms with Crippen molar-refractivity contribution in [3.05, 3.63) is 15.6 Å². The van der Waals surface area contributed by atoms with Crippen LogP contribution in [0.15, 0.2) is 0 Å². The zero-order valence-corrected chi connectivity index (χ0v) is 11.6. The molecule has 0 aliphatic rings. The van der Waals surface area contributed by atoms with E-state index in [1.807, 2.05) is 20.8 Å². The minimum atomic E-state index is 0.122. The van der Waals surface area contributed by atoms with Crippen LogP contribution in [0.3, 0.4) is 0 Å². The van der Waals surface area contributed by atoms with Gasteiger partial charge in [0.15, 0.2) is 0 Å². The van der Waals surface area contributed by atoms with Crippen LogP contribution in [0.25, 0.3) is 0 Å². The van der Waals surface area contributed by atoms with E-state index in [4.69, 9.17) is 0 Å². The van der Waals surface area contributed by atoms with Crippen LogP contribution in [0.5, 0.6) is 0 Å². The Morgan fingerprint density at radius 1 is 1.35 bits per heavy atom. The van der Waals surface area contributed by atoms with Gasteiger partial charge in [0.25, 0.3) is 0 Å². The fraction of sp³-hybridized carbons (Fsp3) is 0.667. The smallest absolute Gasteiger partial charge is 0.221 e. The first-order valence-corrected chi connectivity index (χ1v) is 6.85. The molecule has 0 bridgehead atoms. The molecule has 0 aromatic carbocycles. The van der Waals surface area contributed by atoms with E-state index in [1.165, 1.54) is 4.88 Å². The number of carbonyl (C=O) groups excluding carboxylic acids is 1. The maximum atomic E-state index is 11.3. The average Bonchev–Trinajstić information content (AvgIpc) is 2.60. The minimum absolute atomic E-state index is 0.122. The van der Waals surface area contributed by atoms with Crippen LogP contribution in [-0.2, 0) is 11.3 Å². The van der Waals surface area contributed by atoms with Crippen molar-refractivity contribution >= 4 is 17.2 Å². The van der Waals surface area contributed by atoms with Crippen molar-refractivity contribution in [2.24, 2.45) is 0 Å². The van der Waals surface area contributed by atoms with Gasteiger partial charge < -0.3 is 10.6 Å². The molecule has 2 N–H and O–H groups in total. The SMILES string of the molecule is CCCNC(=O)CCNCc1sc(C)nc1C. The molecule has 1 rings (SSSR count). The molecular formula is C12H21N3OS. The van der Waals surface area contributed by atoms with E-state index in [2.05, 4.69) is 15.6 Å². The van der Waals surface area contributed by atoms with Crippen LogP contribution >= 0.6 is 11.3 Å². The first-order chi connectivity index (χ1) is 8.13. The molecule has 17 heavy (non-hydrogen) atoms. The van der Waals surface area contributed by atoms with Crippen LogP contribution in [0.1, 0.15) is 35.3 Å². The Bertz CT molecular complexity index is 363. The van der Waals surface area contributed by atoms with Gasteiger partial charge in [-0.25, -0.2) is 4.98 Å². The van der Waals surface area contributed by atoms with Crippen molar-refractivity contribution < 1.29 is 4.79 Å². The summed E-state index contributed by atoms with van der Waals surface area (Å²) in [5, 5.41) is 7.23. The number of aromatic nitrogens is 1. The second-order valence-corrected chi connectivity index (χ2v) is 5.31. The Labute approximate surface area is 107 Å². The van der Waals surface area contributed by atoms with Gasteiger partial charge in [-0.1, -0.05) is 6.92 Å². The van der Waals surface area contributed by atoms with Crippen molar-refractivity contribution in [3.63, 3.8) is 0 Å². The Balaban J connectivity index is 2.16. The summed E-state index contributed by atoms with van der Waals surface area (Å²) >= 11 is 1.71. The van der Waals surface area contributed by atoms with Crippen molar-refractivity contribution in [1.29, 1.82) is 0 Å². The number of thiazole rings is 1. The molecule has 0 unspecified atom stereocenters. The summed E-state index contributed by atoms with van der Waals surface area (Å²) in [6.07, 6.45) is 1.52. The Morgan fingerprint density at radius 2 is 2.12 bits per heavy atom. The normalized spacial score (nSPS) is 10.5. The summed E-state index contributed by atoms with van der Waals surface area (Å²) in [4.78, 5) is 16.9. The Morgan fingerprint density at radius 3 is 2.71 bits per heavy atom. The lowest BCUT2D eigenvalue weighted by Crippen LogP contribution is -2.27. The number of hydrogen-bond donors (Lipinski definition) is 2. The number of nitrogens with one attached hydrogen (secondary N) is 2. The third-order valence-electron chi connectivity index (χ3n) is 2.39. The molecule has 96 valence electrons. The number of rotatable bonds is 7. The molecule has 0 saturated heterocycles. The number of carbonyl (C=O) groups is 1. The predicted molar refractivity (Wildman–Crippen MR) is 71.2 cm³/mol. The monoisotopic (exact) mass is 255 g/mol. The molecule has 1 aromatic heterocycles. The highest BCUT2D eigenvalue weighted by Gasteiger charge is 2.04. The van der Waals surface area contributed by atoms with E-state index in [0.29, 0.717) is 13.0 Å². The first-order valence-electron chi connectivity index (χ1n) is 6.03. The largest absolute Gasteiger partial charge is 0.356 e. The van der Waals surface area contributed by atoms with Gasteiger partial charge in [-0.2, -0.15) is 0 Å². The molecule has 1 aromatic rings. The fourth-order valence-corrected chi connectivity index (χ4v) is 2.40. The van der Waals surface area contributed by atoms with Crippen LogP contribution in [-0.4, -0.2) is 24.0 Å². The number of amides is 1. The van der Waals surface area contributed by atoms with Crippen LogP contribution in [0.2, 0.25) is 0 Å². The van der Waals surface area contributed by atoms with Gasteiger partial charge in [0.1, 0.15) is 0 Å². The molecule has 0 aliphatic carbocycles. The summed E-state index contributed by atoms with van der Waals surface area (Å²) in [5.74, 6) is 0.122. The second-order valence-electron chi connectivity index (χ2n) is 4.02. The van der Waals surface area contributed by atoms with Crippen molar-refractivity contribution in [1.82, 2.24) is 15.6 Å². The predicted octanol–water partition coefficient (Wildman–Crippen LogP) is 1.77. The highest BCUT2D eigenvalue weighted by atomic mass is 32.1. The summed E-state index contributed by atoms with van der Waals surface area (Å²) in [5.41, 5.74) is 1.09. The lowest BCUT2D eigenvalue weighted by Gasteiger charge is -2.04. The van der Waals surface area contributed by atoms with E-state index in [1.54, 1.807) is 11.3 Å². The van der Waals surface area contributed by atoms with Crippen LogP contribution in [0.4, 0.5) is 0 Å². The third-order valence-corrected chi connectivity index (χ3v) is 3.46. The highest BCUT2D eigenvalue weighted by Crippen LogP contribution is 2.16. The molecule has 4 nitrogen and oxygen atoms in total. The average molecular weight is 255 g/mol. The molecule has 0 spiro atoms. The maximum Gasteiger partial charge on any atom is 0.221 e. The zero-order chi connectivity index (χ0) is 12.7. The summed E-state index contributed by atoms with van der Waals surface area (Å²) in [7, 11) is 0. The van der Waals surface area contributed by atoms with E-state index in [-0.39, 0.29) is 5.91 Å². The first kappa shape index (κ1) is 14.1. The third kappa shape index (κ3) is 5.28. The molecule has 1 heterocycles. The van der Waals surface area contributed by atoms with Gasteiger partial charge in [0.2, 0.25) is 5.91 Å². The van der Waals surface area contributed by atoms with Gasteiger partial charge in [-0.3, -0.25) is 4.79 Å². The van der Waals surface area contributed by atoms with E-state index < -0.39 is 0 Å². The van der Waals surface area contributed by atoms with E-state index >= 15 is 0 Å². The van der Waals surface area contributed by atoms with Crippen molar-refractivity contribution in [2.45, 2.75) is 40.2 Å². The molecule has 0 fully saturated rings. The van der Waals surface area contributed by atoms with Crippen LogP contribution in [0, 0.1) is 13.8 Å². The number of aryl methyl sites for hydroxylation is 2. The van der Waals surface area contributed by atoms with Crippen molar-refractivity contribution in [3.8, 4) is 0 Å². The summed E-state index contributed by atoms with van der Waals surface area (Å²) < 4.78 is 0. The van der Waals surface area contributed by atoms with Gasteiger partial charge in [-0.05, 0) is 20.3 Å². The Hall–Kier alpha value is -0.940. The van der Waals surface area contributed by atoms with Gasteiger partial charge in [-0.15, -0.1) is 11.3 Å². The molecule has 0 saturated carbocycles. The van der Waals surface area contributed by atoms with E-state index in [9.17, 15) is 4.79 Å². The maximum absolute atomic E-state index is 11.3.